The Labute approximate surface area is 170 Å². The number of hydrazone groups is 1. The summed E-state index contributed by atoms with van der Waals surface area (Å²) in [6.07, 6.45) is 5.27. The van der Waals surface area contributed by atoms with Gasteiger partial charge in [-0.25, -0.2) is 4.98 Å². The van der Waals surface area contributed by atoms with E-state index in [9.17, 15) is 0 Å². The second-order valence-electron chi connectivity index (χ2n) is 6.26. The minimum absolute atomic E-state index is 0.748. The summed E-state index contributed by atoms with van der Waals surface area (Å²) < 4.78 is 10.9. The lowest BCUT2D eigenvalue weighted by atomic mass is 10.2. The van der Waals surface area contributed by atoms with Gasteiger partial charge in [0.1, 0.15) is 11.5 Å². The average molecular weight is 396 g/mol. The van der Waals surface area contributed by atoms with Gasteiger partial charge in [0.2, 0.25) is 5.13 Å². The summed E-state index contributed by atoms with van der Waals surface area (Å²) in [6.45, 7) is 2.96. The van der Waals surface area contributed by atoms with Crippen molar-refractivity contribution in [3.8, 4) is 22.8 Å². The van der Waals surface area contributed by atoms with E-state index >= 15 is 0 Å². The molecule has 0 fully saturated rings. The fraction of sp³-hybridized carbons (Fsp3) is 0.273. The molecule has 0 aliphatic carbocycles. The molecule has 0 saturated carbocycles. The van der Waals surface area contributed by atoms with E-state index in [1.165, 1.54) is 24.2 Å². The summed E-state index contributed by atoms with van der Waals surface area (Å²) in [7, 11) is 1.66. The van der Waals surface area contributed by atoms with Gasteiger partial charge in [-0.1, -0.05) is 19.8 Å². The van der Waals surface area contributed by atoms with Gasteiger partial charge in [0.05, 0.1) is 25.6 Å². The Hall–Kier alpha value is -2.86. The largest absolute Gasteiger partial charge is 0.497 e. The molecule has 0 aliphatic heterocycles. The molecule has 28 heavy (non-hydrogen) atoms. The predicted molar refractivity (Wildman–Crippen MR) is 117 cm³/mol. The lowest BCUT2D eigenvalue weighted by Gasteiger charge is -2.05. The Kier molecular flexibility index (Phi) is 7.44. The third-order valence-electron chi connectivity index (χ3n) is 4.16. The molecule has 5 nitrogen and oxygen atoms in total. The summed E-state index contributed by atoms with van der Waals surface area (Å²) in [5.74, 6) is 1.73. The maximum atomic E-state index is 5.72. The van der Waals surface area contributed by atoms with Crippen LogP contribution < -0.4 is 14.9 Å². The Morgan fingerprint density at radius 3 is 2.50 bits per heavy atom. The van der Waals surface area contributed by atoms with Crippen LogP contribution in [-0.2, 0) is 0 Å². The van der Waals surface area contributed by atoms with Crippen molar-refractivity contribution in [3.05, 3.63) is 59.5 Å². The van der Waals surface area contributed by atoms with E-state index in [0.29, 0.717) is 0 Å². The molecule has 0 atom stereocenters. The lowest BCUT2D eigenvalue weighted by Crippen LogP contribution is -1.97. The Bertz CT molecular complexity index is 874. The normalized spacial score (nSPS) is 10.9. The highest BCUT2D eigenvalue weighted by Crippen LogP contribution is 2.26. The highest BCUT2D eigenvalue weighted by Gasteiger charge is 2.04. The van der Waals surface area contributed by atoms with Crippen LogP contribution in [0.25, 0.3) is 11.3 Å². The van der Waals surface area contributed by atoms with Crippen LogP contribution in [0.15, 0.2) is 59.0 Å². The number of hydrogen-bond donors (Lipinski definition) is 1. The second kappa shape index (κ2) is 10.5. The molecule has 3 aromatic rings. The van der Waals surface area contributed by atoms with Gasteiger partial charge in [-0.2, -0.15) is 5.10 Å². The minimum atomic E-state index is 0.748. The molecule has 0 spiro atoms. The zero-order valence-corrected chi connectivity index (χ0v) is 17.0. The smallest absolute Gasteiger partial charge is 0.203 e. The monoisotopic (exact) mass is 395 g/mol. The molecular weight excluding hydrogens is 370 g/mol. The SMILES string of the molecule is CCCCCOc1ccc(/C=N\Nc2nc(-c3ccc(OC)cc3)cs2)cc1. The number of thiazole rings is 1. The number of anilines is 1. The van der Waals surface area contributed by atoms with Gasteiger partial charge in [0.15, 0.2) is 0 Å². The summed E-state index contributed by atoms with van der Waals surface area (Å²) >= 11 is 1.52. The first-order chi connectivity index (χ1) is 13.8. The quantitative estimate of drug-likeness (QED) is 0.266. The van der Waals surface area contributed by atoms with Gasteiger partial charge in [-0.15, -0.1) is 11.3 Å². The van der Waals surface area contributed by atoms with Gasteiger partial charge >= 0.3 is 0 Å². The molecule has 1 aromatic heterocycles. The van der Waals surface area contributed by atoms with E-state index in [1.807, 2.05) is 53.9 Å². The van der Waals surface area contributed by atoms with E-state index < -0.39 is 0 Å². The number of methoxy groups -OCH3 is 1. The van der Waals surface area contributed by atoms with Crippen LogP contribution >= 0.6 is 11.3 Å². The molecule has 3 rings (SSSR count). The Morgan fingerprint density at radius 2 is 1.79 bits per heavy atom. The summed E-state index contributed by atoms with van der Waals surface area (Å²) in [6, 6.07) is 15.8. The fourth-order valence-electron chi connectivity index (χ4n) is 2.57. The Balaban J connectivity index is 1.51. The summed E-state index contributed by atoms with van der Waals surface area (Å²) in [5.41, 5.74) is 5.95. The fourth-order valence-corrected chi connectivity index (χ4v) is 3.24. The zero-order valence-electron chi connectivity index (χ0n) is 16.2. The van der Waals surface area contributed by atoms with Crippen molar-refractivity contribution in [3.63, 3.8) is 0 Å². The van der Waals surface area contributed by atoms with Crippen molar-refractivity contribution in [1.82, 2.24) is 4.98 Å². The van der Waals surface area contributed by atoms with Crippen LogP contribution in [0.4, 0.5) is 5.13 Å². The number of hydrogen-bond acceptors (Lipinski definition) is 6. The van der Waals surface area contributed by atoms with E-state index in [0.717, 1.165) is 46.5 Å². The zero-order chi connectivity index (χ0) is 19.6. The second-order valence-corrected chi connectivity index (χ2v) is 7.12. The number of ether oxygens (including phenoxy) is 2. The third-order valence-corrected chi connectivity index (χ3v) is 4.91. The topological polar surface area (TPSA) is 55.7 Å². The molecule has 0 radical (unpaired) electrons. The molecule has 6 heteroatoms. The molecule has 0 amide bonds. The van der Waals surface area contributed by atoms with E-state index in [1.54, 1.807) is 13.3 Å². The van der Waals surface area contributed by atoms with Gasteiger partial charge in [0.25, 0.3) is 0 Å². The van der Waals surface area contributed by atoms with Crippen molar-refractivity contribution < 1.29 is 9.47 Å². The molecule has 1 N–H and O–H groups in total. The Morgan fingerprint density at radius 1 is 1.04 bits per heavy atom. The van der Waals surface area contributed by atoms with Crippen LogP contribution in [0.2, 0.25) is 0 Å². The van der Waals surface area contributed by atoms with E-state index in [2.05, 4.69) is 22.4 Å². The number of benzene rings is 2. The van der Waals surface area contributed by atoms with Crippen LogP contribution in [0, 0.1) is 0 Å². The predicted octanol–water partition coefficient (Wildman–Crippen LogP) is 5.83. The first kappa shape index (κ1) is 19.9. The number of aromatic nitrogens is 1. The summed E-state index contributed by atoms with van der Waals surface area (Å²) in [4.78, 5) is 4.56. The number of rotatable bonds is 10. The number of nitrogens with zero attached hydrogens (tertiary/aromatic N) is 2. The van der Waals surface area contributed by atoms with Crippen molar-refractivity contribution in [1.29, 1.82) is 0 Å². The highest BCUT2D eigenvalue weighted by atomic mass is 32.1. The molecule has 0 saturated heterocycles. The highest BCUT2D eigenvalue weighted by molar-refractivity contribution is 7.14. The lowest BCUT2D eigenvalue weighted by molar-refractivity contribution is 0.306. The molecule has 0 unspecified atom stereocenters. The van der Waals surface area contributed by atoms with Crippen molar-refractivity contribution >= 4 is 22.7 Å². The van der Waals surface area contributed by atoms with Gasteiger partial charge < -0.3 is 9.47 Å². The number of unbranched alkanes of at least 4 members (excludes halogenated alkanes) is 2. The molecular formula is C22H25N3O2S. The number of nitrogens with one attached hydrogen (secondary N) is 1. The van der Waals surface area contributed by atoms with Crippen LogP contribution in [0.1, 0.15) is 31.7 Å². The van der Waals surface area contributed by atoms with Gasteiger partial charge in [-0.3, -0.25) is 5.43 Å². The molecule has 2 aromatic carbocycles. The van der Waals surface area contributed by atoms with Crippen LogP contribution in [-0.4, -0.2) is 24.9 Å². The molecule has 146 valence electrons. The third kappa shape index (κ3) is 5.82. The van der Waals surface area contributed by atoms with Crippen LogP contribution in [0.3, 0.4) is 0 Å². The van der Waals surface area contributed by atoms with E-state index in [4.69, 9.17) is 9.47 Å². The van der Waals surface area contributed by atoms with Crippen molar-refractivity contribution in [2.45, 2.75) is 26.2 Å². The van der Waals surface area contributed by atoms with Gasteiger partial charge in [-0.05, 0) is 60.5 Å². The molecule has 0 aliphatic rings. The summed E-state index contributed by atoms with van der Waals surface area (Å²) in [5, 5.41) is 7.03. The molecule has 0 bridgehead atoms. The first-order valence-electron chi connectivity index (χ1n) is 9.40. The molecule has 1 heterocycles. The maximum absolute atomic E-state index is 5.72. The minimum Gasteiger partial charge on any atom is -0.497 e. The van der Waals surface area contributed by atoms with Crippen molar-refractivity contribution in [2.75, 3.05) is 19.1 Å². The van der Waals surface area contributed by atoms with E-state index in [-0.39, 0.29) is 0 Å². The average Bonchev–Trinajstić information content (AvgIpc) is 3.21. The van der Waals surface area contributed by atoms with Crippen molar-refractivity contribution in [2.24, 2.45) is 5.10 Å². The maximum Gasteiger partial charge on any atom is 0.203 e. The standard InChI is InChI=1S/C22H25N3O2S/c1-3-4-5-14-27-20-10-6-17(7-11-20)15-23-25-22-24-21(16-28-22)18-8-12-19(26-2)13-9-18/h6-13,15-16H,3-5,14H2,1-2H3,(H,24,25)/b23-15-. The van der Waals surface area contributed by atoms with Crippen LogP contribution in [0.5, 0.6) is 11.5 Å². The first-order valence-corrected chi connectivity index (χ1v) is 10.3. The van der Waals surface area contributed by atoms with Gasteiger partial charge in [0, 0.05) is 10.9 Å².